The Labute approximate surface area is 278 Å². The number of hydrogen-bond acceptors (Lipinski definition) is 2. The zero-order chi connectivity index (χ0) is 31.9. The summed E-state index contributed by atoms with van der Waals surface area (Å²) in [5.41, 5.74) is 16.7. The Bertz CT molecular complexity index is 2540. The summed E-state index contributed by atoms with van der Waals surface area (Å²) < 4.78 is 0. The zero-order valence-corrected chi connectivity index (χ0v) is 26.1. The molecule has 3 aromatic heterocycles. The highest BCUT2D eigenvalue weighted by Gasteiger charge is 2.22. The highest BCUT2D eigenvalue weighted by molar-refractivity contribution is 6.05. The molecule has 2 aliphatic rings. The van der Waals surface area contributed by atoms with Crippen molar-refractivity contribution in [1.82, 2.24) is 19.9 Å². The third kappa shape index (κ3) is 5.16. The van der Waals surface area contributed by atoms with Gasteiger partial charge in [-0.25, -0.2) is 9.97 Å². The summed E-state index contributed by atoms with van der Waals surface area (Å²) in [5, 5.41) is 0. The second-order valence-corrected chi connectivity index (χ2v) is 12.1. The largest absolute Gasteiger partial charge is 0.355 e. The maximum Gasteiger partial charge on any atom is 0.0737 e. The number of fused-ring (bicyclic) bond motifs is 8. The number of H-pyrrole nitrogens is 2. The lowest BCUT2D eigenvalue weighted by molar-refractivity contribution is 1.31. The van der Waals surface area contributed by atoms with Crippen LogP contribution >= 0.6 is 0 Å². The second-order valence-electron chi connectivity index (χ2n) is 12.1. The summed E-state index contributed by atoms with van der Waals surface area (Å²) >= 11 is 0. The van der Waals surface area contributed by atoms with E-state index in [2.05, 4.69) is 174 Å². The van der Waals surface area contributed by atoms with Crippen molar-refractivity contribution in [2.45, 2.75) is 0 Å². The number of aromatic amines is 2. The van der Waals surface area contributed by atoms with Crippen LogP contribution in [-0.4, -0.2) is 19.9 Å². The predicted molar refractivity (Wildman–Crippen MR) is 201 cm³/mol. The average Bonchev–Trinajstić information content (AvgIpc) is 3.96. The van der Waals surface area contributed by atoms with Crippen LogP contribution < -0.4 is 0 Å². The molecule has 0 atom stereocenters. The molecule has 0 fully saturated rings. The Morgan fingerprint density at radius 1 is 0.354 bits per heavy atom. The maximum absolute atomic E-state index is 5.23. The van der Waals surface area contributed by atoms with E-state index in [-0.39, 0.29) is 0 Å². The minimum Gasteiger partial charge on any atom is -0.355 e. The van der Waals surface area contributed by atoms with Crippen LogP contribution in [0.3, 0.4) is 0 Å². The van der Waals surface area contributed by atoms with Crippen LogP contribution in [0.1, 0.15) is 22.8 Å². The molecule has 9 rings (SSSR count). The van der Waals surface area contributed by atoms with Crippen LogP contribution in [0.2, 0.25) is 0 Å². The highest BCUT2D eigenvalue weighted by atomic mass is 14.8. The van der Waals surface area contributed by atoms with Gasteiger partial charge in [0.1, 0.15) is 0 Å². The van der Waals surface area contributed by atoms with Crippen molar-refractivity contribution in [3.8, 4) is 44.5 Å². The molecule has 0 saturated carbocycles. The molecule has 4 nitrogen and oxygen atoms in total. The van der Waals surface area contributed by atoms with Crippen molar-refractivity contribution in [1.29, 1.82) is 0 Å². The number of hydrogen-bond donors (Lipinski definition) is 2. The molecule has 0 aliphatic carbocycles. The van der Waals surface area contributed by atoms with Crippen LogP contribution in [0, 0.1) is 0 Å². The summed E-state index contributed by atoms with van der Waals surface area (Å²) in [4.78, 5) is 17.3. The molecule has 0 saturated heterocycles. The van der Waals surface area contributed by atoms with E-state index in [0.717, 1.165) is 72.7 Å². The molecule has 0 radical (unpaired) electrons. The van der Waals surface area contributed by atoms with Gasteiger partial charge in [-0.15, -0.1) is 0 Å². The lowest BCUT2D eigenvalue weighted by Gasteiger charge is -2.21. The topological polar surface area (TPSA) is 57.4 Å². The van der Waals surface area contributed by atoms with E-state index in [9.17, 15) is 0 Å². The van der Waals surface area contributed by atoms with Gasteiger partial charge in [-0.3, -0.25) is 0 Å². The van der Waals surface area contributed by atoms with Gasteiger partial charge < -0.3 is 9.97 Å². The first-order chi connectivity index (χ1) is 23.7. The van der Waals surface area contributed by atoms with Gasteiger partial charge >= 0.3 is 0 Å². The van der Waals surface area contributed by atoms with Crippen LogP contribution in [0.5, 0.6) is 0 Å². The Kier molecular flexibility index (Phi) is 6.76. The molecule has 4 heteroatoms. The highest BCUT2D eigenvalue weighted by Crippen LogP contribution is 2.47. The van der Waals surface area contributed by atoms with Gasteiger partial charge in [0.15, 0.2) is 0 Å². The summed E-state index contributed by atoms with van der Waals surface area (Å²) in [6.07, 6.45) is 8.33. The maximum atomic E-state index is 5.23. The molecule has 5 heterocycles. The lowest BCUT2D eigenvalue weighted by Crippen LogP contribution is -1.96. The average molecular weight is 615 g/mol. The molecular formula is C44H30N4. The molecule has 0 amide bonds. The monoisotopic (exact) mass is 614 g/mol. The van der Waals surface area contributed by atoms with Gasteiger partial charge in [-0.2, -0.15) is 0 Å². The van der Waals surface area contributed by atoms with Crippen LogP contribution in [0.25, 0.3) is 90.9 Å². The number of benzene rings is 4. The summed E-state index contributed by atoms with van der Waals surface area (Å²) in [6.45, 7) is 0. The van der Waals surface area contributed by atoms with Gasteiger partial charge in [0.2, 0.25) is 0 Å². The molecule has 4 aromatic carbocycles. The first-order valence-electron chi connectivity index (χ1n) is 16.2. The molecule has 2 N–H and O–H groups in total. The quantitative estimate of drug-likeness (QED) is 0.207. The fourth-order valence-corrected chi connectivity index (χ4v) is 6.77. The van der Waals surface area contributed by atoms with Gasteiger partial charge in [0.25, 0.3) is 0 Å². The first-order valence-corrected chi connectivity index (χ1v) is 16.2. The van der Waals surface area contributed by atoms with Crippen molar-refractivity contribution in [3.05, 3.63) is 168 Å². The van der Waals surface area contributed by atoms with E-state index in [0.29, 0.717) is 0 Å². The normalized spacial score (nSPS) is 12.0. The Morgan fingerprint density at radius 3 is 1.46 bits per heavy atom. The molecule has 7 aromatic rings. The number of rotatable bonds is 4. The second kappa shape index (κ2) is 11.7. The molecule has 2 aliphatic heterocycles. The van der Waals surface area contributed by atoms with Crippen LogP contribution in [0.4, 0.5) is 0 Å². The minimum absolute atomic E-state index is 0.889. The van der Waals surface area contributed by atoms with Crippen molar-refractivity contribution < 1.29 is 0 Å². The molecule has 226 valence electrons. The third-order valence-electron chi connectivity index (χ3n) is 8.90. The van der Waals surface area contributed by atoms with Crippen molar-refractivity contribution in [2.24, 2.45) is 0 Å². The summed E-state index contributed by atoms with van der Waals surface area (Å²) in [7, 11) is 0. The fraction of sp³-hybridized carbons (Fsp3) is 0. The van der Waals surface area contributed by atoms with Crippen LogP contribution in [0.15, 0.2) is 146 Å². The van der Waals surface area contributed by atoms with Gasteiger partial charge in [0.05, 0.1) is 22.8 Å². The minimum atomic E-state index is 0.889. The molecule has 8 bridgehead atoms. The van der Waals surface area contributed by atoms with E-state index in [1.54, 1.807) is 0 Å². The Hall–Kier alpha value is -6.52. The molecular weight excluding hydrogens is 585 g/mol. The number of nitrogens with zero attached hydrogens (tertiary/aromatic N) is 2. The SMILES string of the molecule is C1=Cc2cc3ccc([nH]3)c(-c3ccc(-c4ccccc4)c(-c4ccccc4)c3-c3ccccc3)c3nc(cc4ccc(cc1n2)[nH]4)C=C3. The summed E-state index contributed by atoms with van der Waals surface area (Å²) in [5.74, 6) is 0. The van der Waals surface area contributed by atoms with Crippen LogP contribution in [-0.2, 0) is 0 Å². The standard InChI is InChI=1S/C44H30N4/c1-4-10-29(11-5-1)38-22-23-39(43(31-14-8-3-9-15-31)42(38)30-12-6-2-7-13-30)44-40-24-20-36(47-40)27-34-18-16-32(45-34)26-33-17-19-35(46-33)28-37-21-25-41(44)48-37/h1-28,45,48H. The molecule has 0 unspecified atom stereocenters. The van der Waals surface area contributed by atoms with E-state index in [4.69, 9.17) is 9.97 Å². The number of aromatic nitrogens is 4. The van der Waals surface area contributed by atoms with E-state index < -0.39 is 0 Å². The summed E-state index contributed by atoms with van der Waals surface area (Å²) in [6, 6.07) is 51.3. The lowest BCUT2D eigenvalue weighted by atomic mass is 9.82. The van der Waals surface area contributed by atoms with Crippen molar-refractivity contribution in [2.75, 3.05) is 0 Å². The van der Waals surface area contributed by atoms with Gasteiger partial charge in [0, 0.05) is 27.6 Å². The molecule has 48 heavy (non-hydrogen) atoms. The Balaban J connectivity index is 1.42. The zero-order valence-electron chi connectivity index (χ0n) is 26.1. The van der Waals surface area contributed by atoms with E-state index in [1.165, 1.54) is 16.7 Å². The van der Waals surface area contributed by atoms with E-state index in [1.807, 2.05) is 6.08 Å². The fourth-order valence-electron chi connectivity index (χ4n) is 6.77. The third-order valence-corrected chi connectivity index (χ3v) is 8.90. The first kappa shape index (κ1) is 27.8. The number of nitrogens with one attached hydrogen (secondary N) is 2. The van der Waals surface area contributed by atoms with E-state index >= 15 is 0 Å². The van der Waals surface area contributed by atoms with Crippen molar-refractivity contribution in [3.63, 3.8) is 0 Å². The Morgan fingerprint density at radius 2 is 0.833 bits per heavy atom. The molecule has 0 spiro atoms. The smallest absolute Gasteiger partial charge is 0.0737 e. The van der Waals surface area contributed by atoms with Gasteiger partial charge in [-0.05, 0) is 106 Å². The predicted octanol–water partition coefficient (Wildman–Crippen LogP) is 11.3. The van der Waals surface area contributed by atoms with Gasteiger partial charge in [-0.1, -0.05) is 103 Å². The van der Waals surface area contributed by atoms with Crippen molar-refractivity contribution >= 4 is 46.4 Å².